The van der Waals surface area contributed by atoms with E-state index in [1.54, 1.807) is 30.0 Å². The average Bonchev–Trinajstić information content (AvgIpc) is 3.28. The number of carbonyl (C=O) groups is 3. The topological polar surface area (TPSA) is 134 Å². The molecule has 0 saturated heterocycles. The molecule has 0 fully saturated rings. The number of aliphatic hydroxyl groups is 1. The maximum absolute atomic E-state index is 13.4. The highest BCUT2D eigenvalue weighted by Gasteiger charge is 2.32. The number of aliphatic hydroxyl groups excluding tert-OH is 1. The molecule has 1 aliphatic rings. The maximum atomic E-state index is 13.4. The monoisotopic (exact) mass is 558 g/mol. The molecule has 0 radical (unpaired) electrons. The molecule has 0 heterocycles. The van der Waals surface area contributed by atoms with Gasteiger partial charge in [-0.3, -0.25) is 9.59 Å². The number of nitrogens with two attached hydrogens (primary N) is 1. The number of carbonyl (C=O) groups excluding carboxylic acids is 3. The van der Waals surface area contributed by atoms with E-state index in [-0.39, 0.29) is 19.1 Å². The van der Waals surface area contributed by atoms with Crippen LogP contribution in [0.25, 0.3) is 11.1 Å². The Labute approximate surface area is 240 Å². The second-order valence-corrected chi connectivity index (χ2v) is 10.6. The minimum absolute atomic E-state index is 0.0646. The molecule has 0 spiro atoms. The van der Waals surface area contributed by atoms with Gasteiger partial charge >= 0.3 is 6.09 Å². The summed E-state index contributed by atoms with van der Waals surface area (Å²) in [6, 6.07) is 19.4. The highest BCUT2D eigenvalue weighted by molar-refractivity contribution is 5.97. The van der Waals surface area contributed by atoms with Crippen LogP contribution < -0.4 is 16.4 Å². The van der Waals surface area contributed by atoms with Crippen molar-refractivity contribution in [1.82, 2.24) is 10.2 Å². The van der Waals surface area contributed by atoms with Gasteiger partial charge in [-0.1, -0.05) is 68.4 Å². The van der Waals surface area contributed by atoms with Gasteiger partial charge in [0.25, 0.3) is 0 Å². The van der Waals surface area contributed by atoms with Gasteiger partial charge in [0.1, 0.15) is 6.04 Å². The number of ether oxygens (including phenoxy) is 1. The van der Waals surface area contributed by atoms with Crippen LogP contribution in [0.5, 0.6) is 0 Å². The molecular weight excluding hydrogens is 520 g/mol. The molecule has 41 heavy (non-hydrogen) atoms. The lowest BCUT2D eigenvalue weighted by molar-refractivity contribution is -0.127. The minimum atomic E-state index is -0.812. The summed E-state index contributed by atoms with van der Waals surface area (Å²) in [5.41, 5.74) is 11.6. The lowest BCUT2D eigenvalue weighted by atomic mass is 10.0. The van der Waals surface area contributed by atoms with E-state index in [0.29, 0.717) is 23.4 Å². The summed E-state index contributed by atoms with van der Waals surface area (Å²) < 4.78 is 6.07. The Bertz CT molecular complexity index is 1380. The van der Waals surface area contributed by atoms with Gasteiger partial charge in [0.05, 0.1) is 12.6 Å². The van der Waals surface area contributed by atoms with Gasteiger partial charge in [-0.15, -0.1) is 0 Å². The van der Waals surface area contributed by atoms with Gasteiger partial charge in [-0.05, 0) is 54.2 Å². The zero-order valence-electron chi connectivity index (χ0n) is 23.9. The fourth-order valence-corrected chi connectivity index (χ4v) is 4.86. The van der Waals surface area contributed by atoms with Crippen LogP contribution in [0.2, 0.25) is 0 Å². The highest BCUT2D eigenvalue weighted by atomic mass is 16.6. The van der Waals surface area contributed by atoms with Gasteiger partial charge in [0.2, 0.25) is 11.8 Å². The van der Waals surface area contributed by atoms with Crippen molar-refractivity contribution in [2.75, 3.05) is 11.9 Å². The number of amides is 3. The molecule has 5 N–H and O–H groups in total. The number of hydrogen-bond donors (Lipinski definition) is 4. The molecule has 0 unspecified atom stereocenters. The molecule has 2 atom stereocenters. The first-order valence-electron chi connectivity index (χ1n) is 13.9. The highest BCUT2D eigenvalue weighted by Crippen LogP contribution is 2.45. The van der Waals surface area contributed by atoms with Crippen LogP contribution in [0.1, 0.15) is 56.1 Å². The van der Waals surface area contributed by atoms with E-state index in [0.717, 1.165) is 22.3 Å². The Kier molecular flexibility index (Phi) is 9.42. The Morgan fingerprint density at radius 1 is 0.927 bits per heavy atom. The molecular formula is C32H38N4O5. The zero-order valence-corrected chi connectivity index (χ0v) is 23.9. The first-order chi connectivity index (χ1) is 19.6. The summed E-state index contributed by atoms with van der Waals surface area (Å²) in [5, 5.41) is 15.4. The molecule has 1 aliphatic carbocycles. The Morgan fingerprint density at radius 3 is 2.10 bits per heavy atom. The van der Waals surface area contributed by atoms with Crippen molar-refractivity contribution in [3.05, 3.63) is 89.0 Å². The number of rotatable bonds is 10. The van der Waals surface area contributed by atoms with Crippen molar-refractivity contribution in [1.29, 1.82) is 0 Å². The molecule has 3 amide bonds. The van der Waals surface area contributed by atoms with E-state index >= 15 is 0 Å². The summed E-state index contributed by atoms with van der Waals surface area (Å²) >= 11 is 0. The third-order valence-electron chi connectivity index (χ3n) is 7.41. The van der Waals surface area contributed by atoms with Crippen LogP contribution >= 0.6 is 0 Å². The van der Waals surface area contributed by atoms with E-state index in [9.17, 15) is 19.5 Å². The van der Waals surface area contributed by atoms with Crippen LogP contribution in [-0.4, -0.2) is 46.5 Å². The fourth-order valence-electron chi connectivity index (χ4n) is 4.86. The number of hydrogen-bond acceptors (Lipinski definition) is 6. The van der Waals surface area contributed by atoms with Crippen LogP contribution in [-0.2, 0) is 27.5 Å². The lowest BCUT2D eigenvalue weighted by Gasteiger charge is -2.25. The SMILES string of the molecule is CCN(Cc1cc(NC(=O)[C@H](C)NC(=O)[C@@H](N)C(C)C)ccc1CO)C(=O)OC1c2ccccc2-c2ccccc21. The number of nitrogens with zero attached hydrogens (tertiary/aromatic N) is 1. The lowest BCUT2D eigenvalue weighted by Crippen LogP contribution is -2.50. The molecule has 216 valence electrons. The molecule has 3 aromatic carbocycles. The predicted octanol–water partition coefficient (Wildman–Crippen LogP) is 4.33. The van der Waals surface area contributed by atoms with E-state index in [4.69, 9.17) is 10.5 Å². The Morgan fingerprint density at radius 2 is 1.54 bits per heavy atom. The summed E-state index contributed by atoms with van der Waals surface area (Å²) in [7, 11) is 0. The van der Waals surface area contributed by atoms with Gasteiger partial charge in [-0.25, -0.2) is 4.79 Å². The third kappa shape index (κ3) is 6.58. The average molecular weight is 559 g/mol. The Hall–Kier alpha value is -4.21. The number of nitrogens with one attached hydrogen (secondary N) is 2. The fraction of sp³-hybridized carbons (Fsp3) is 0.344. The number of anilines is 1. The third-order valence-corrected chi connectivity index (χ3v) is 7.41. The molecule has 0 bridgehead atoms. The Balaban J connectivity index is 1.47. The molecule has 0 aromatic heterocycles. The molecule has 4 rings (SSSR count). The van der Waals surface area contributed by atoms with Crippen molar-refractivity contribution in [3.63, 3.8) is 0 Å². The zero-order chi connectivity index (χ0) is 29.7. The molecule has 0 saturated carbocycles. The van der Waals surface area contributed by atoms with Crippen LogP contribution in [0.3, 0.4) is 0 Å². The molecule has 9 heteroatoms. The summed E-state index contributed by atoms with van der Waals surface area (Å²) in [5.74, 6) is -0.879. The van der Waals surface area contributed by atoms with Crippen LogP contribution in [0, 0.1) is 5.92 Å². The number of benzene rings is 3. The van der Waals surface area contributed by atoms with E-state index in [1.165, 1.54) is 0 Å². The van der Waals surface area contributed by atoms with E-state index in [2.05, 4.69) is 10.6 Å². The minimum Gasteiger partial charge on any atom is -0.436 e. The van der Waals surface area contributed by atoms with Gasteiger partial charge in [0, 0.05) is 29.9 Å². The van der Waals surface area contributed by atoms with Crippen molar-refractivity contribution in [2.24, 2.45) is 11.7 Å². The quantitative estimate of drug-likeness (QED) is 0.293. The van der Waals surface area contributed by atoms with E-state index < -0.39 is 36.1 Å². The largest absolute Gasteiger partial charge is 0.436 e. The summed E-state index contributed by atoms with van der Waals surface area (Å²) in [6.45, 7) is 7.40. The van der Waals surface area contributed by atoms with Crippen LogP contribution in [0.15, 0.2) is 66.7 Å². The first kappa shape index (κ1) is 29.8. The second-order valence-electron chi connectivity index (χ2n) is 10.6. The second kappa shape index (κ2) is 13.0. The molecule has 3 aromatic rings. The van der Waals surface area contributed by atoms with Crippen molar-refractivity contribution in [2.45, 2.75) is 59.0 Å². The standard InChI is InChI=1S/C32H38N4O5/c1-5-36(32(40)41-29-26-12-8-6-10-24(26)25-11-7-9-13-27(25)29)17-22-16-23(15-14-21(22)18-37)35-30(38)20(4)34-31(39)28(33)19(2)3/h6-16,19-20,28-29,37H,5,17-18,33H2,1-4H3,(H,34,39)(H,35,38)/t20-,28-/m0/s1. The maximum Gasteiger partial charge on any atom is 0.411 e. The molecule has 0 aliphatic heterocycles. The van der Waals surface area contributed by atoms with E-state index in [1.807, 2.05) is 69.3 Å². The first-order valence-corrected chi connectivity index (χ1v) is 13.9. The van der Waals surface area contributed by atoms with Gasteiger partial charge in [-0.2, -0.15) is 0 Å². The smallest absolute Gasteiger partial charge is 0.411 e. The number of fused-ring (bicyclic) bond motifs is 3. The summed E-state index contributed by atoms with van der Waals surface area (Å²) in [4.78, 5) is 40.0. The van der Waals surface area contributed by atoms with Crippen molar-refractivity contribution in [3.8, 4) is 11.1 Å². The normalized spacial score (nSPS) is 13.6. The van der Waals surface area contributed by atoms with Crippen molar-refractivity contribution < 1.29 is 24.2 Å². The van der Waals surface area contributed by atoms with Gasteiger partial charge in [0.15, 0.2) is 6.10 Å². The van der Waals surface area contributed by atoms with Crippen molar-refractivity contribution >= 4 is 23.6 Å². The predicted molar refractivity (Wildman–Crippen MR) is 158 cm³/mol. The van der Waals surface area contributed by atoms with Gasteiger partial charge < -0.3 is 31.1 Å². The van der Waals surface area contributed by atoms with Crippen LogP contribution in [0.4, 0.5) is 10.5 Å². The molecule has 9 nitrogen and oxygen atoms in total. The summed E-state index contributed by atoms with van der Waals surface area (Å²) in [6.07, 6.45) is -1.01.